The number of likely N-dealkylation sites (N-methyl/N-ethyl adjacent to an activating group) is 1. The van der Waals surface area contributed by atoms with Gasteiger partial charge in [0.25, 0.3) is 0 Å². The zero-order valence-corrected chi connectivity index (χ0v) is 10.4. The van der Waals surface area contributed by atoms with Crippen molar-refractivity contribution in [3.63, 3.8) is 0 Å². The van der Waals surface area contributed by atoms with E-state index in [9.17, 15) is 4.79 Å². The second-order valence-corrected chi connectivity index (χ2v) is 4.18. The van der Waals surface area contributed by atoms with Gasteiger partial charge in [0.1, 0.15) is 0 Å². The van der Waals surface area contributed by atoms with Crippen LogP contribution < -0.4 is 9.47 Å². The Kier molecular flexibility index (Phi) is 3.33. The lowest BCUT2D eigenvalue weighted by atomic mass is 10.0. The van der Waals surface area contributed by atoms with E-state index >= 15 is 0 Å². The molecule has 0 N–H and O–H groups in total. The lowest BCUT2D eigenvalue weighted by Gasteiger charge is -2.21. The topological polar surface area (TPSA) is 38.8 Å². The van der Waals surface area contributed by atoms with Gasteiger partial charge in [0, 0.05) is 5.56 Å². The van der Waals surface area contributed by atoms with Crippen molar-refractivity contribution in [3.8, 4) is 11.5 Å². The first kappa shape index (κ1) is 11.9. The van der Waals surface area contributed by atoms with Crippen LogP contribution in [0.2, 0.25) is 0 Å². The highest BCUT2D eigenvalue weighted by atomic mass is 16.7. The zero-order valence-electron chi connectivity index (χ0n) is 10.4. The van der Waals surface area contributed by atoms with Crippen molar-refractivity contribution >= 4 is 5.78 Å². The number of fused-ring (bicyclic) bond motifs is 1. The third-order valence-corrected chi connectivity index (χ3v) is 3.20. The summed E-state index contributed by atoms with van der Waals surface area (Å²) in [5, 5.41) is 0. The van der Waals surface area contributed by atoms with Crippen LogP contribution >= 0.6 is 0 Å². The predicted molar refractivity (Wildman–Crippen MR) is 64.7 cm³/mol. The molecule has 1 atom stereocenters. The number of carbonyl (C=O) groups excluding carboxylic acids is 1. The van der Waals surface area contributed by atoms with Crippen molar-refractivity contribution in [3.05, 3.63) is 23.8 Å². The molecule has 0 radical (unpaired) electrons. The molecule has 4 heteroatoms. The van der Waals surface area contributed by atoms with Crippen LogP contribution in [0.25, 0.3) is 0 Å². The standard InChI is InChI=1S/C13H17NO3/c1-4-14(3)9(2)13(15)10-5-6-11-12(7-10)17-8-16-11/h5-7,9H,4,8H2,1-3H3/t9-/m0/s1. The Morgan fingerprint density at radius 1 is 1.41 bits per heavy atom. The molecule has 1 aliphatic heterocycles. The van der Waals surface area contributed by atoms with Gasteiger partial charge in [0.2, 0.25) is 6.79 Å². The Bertz CT molecular complexity index is 431. The molecule has 0 unspecified atom stereocenters. The number of carbonyl (C=O) groups is 1. The van der Waals surface area contributed by atoms with Crippen molar-refractivity contribution in [1.82, 2.24) is 4.90 Å². The highest BCUT2D eigenvalue weighted by Gasteiger charge is 2.21. The van der Waals surface area contributed by atoms with Crippen molar-refractivity contribution < 1.29 is 14.3 Å². The van der Waals surface area contributed by atoms with Gasteiger partial charge in [-0.25, -0.2) is 0 Å². The Morgan fingerprint density at radius 2 is 2.12 bits per heavy atom. The number of ketones is 1. The summed E-state index contributed by atoms with van der Waals surface area (Å²) in [4.78, 5) is 14.2. The van der Waals surface area contributed by atoms with Crippen LogP contribution in [-0.4, -0.2) is 37.1 Å². The van der Waals surface area contributed by atoms with E-state index in [4.69, 9.17) is 9.47 Å². The van der Waals surface area contributed by atoms with Gasteiger partial charge in [-0.3, -0.25) is 9.69 Å². The van der Waals surface area contributed by atoms with E-state index in [1.165, 1.54) is 0 Å². The third kappa shape index (κ3) is 2.26. The molecule has 0 fully saturated rings. The van der Waals surface area contributed by atoms with E-state index in [0.717, 1.165) is 6.54 Å². The molecule has 1 aliphatic rings. The van der Waals surface area contributed by atoms with Gasteiger partial charge in [0.05, 0.1) is 6.04 Å². The maximum absolute atomic E-state index is 12.2. The lowest BCUT2D eigenvalue weighted by Crippen LogP contribution is -2.35. The highest BCUT2D eigenvalue weighted by Crippen LogP contribution is 2.32. The van der Waals surface area contributed by atoms with Gasteiger partial charge in [-0.2, -0.15) is 0 Å². The Hall–Kier alpha value is -1.55. The van der Waals surface area contributed by atoms with Gasteiger partial charge >= 0.3 is 0 Å². The normalized spacial score (nSPS) is 15.1. The van der Waals surface area contributed by atoms with E-state index in [0.29, 0.717) is 17.1 Å². The van der Waals surface area contributed by atoms with Gasteiger partial charge in [-0.15, -0.1) is 0 Å². The first-order valence-corrected chi connectivity index (χ1v) is 5.77. The van der Waals surface area contributed by atoms with Gasteiger partial charge in [0.15, 0.2) is 17.3 Å². The molecule has 1 aromatic carbocycles. The van der Waals surface area contributed by atoms with Crippen molar-refractivity contribution in [2.24, 2.45) is 0 Å². The number of nitrogens with zero attached hydrogens (tertiary/aromatic N) is 1. The molecule has 0 saturated carbocycles. The van der Waals surface area contributed by atoms with Crippen molar-refractivity contribution in [2.45, 2.75) is 19.9 Å². The summed E-state index contributed by atoms with van der Waals surface area (Å²) in [6.07, 6.45) is 0. The second kappa shape index (κ2) is 4.75. The van der Waals surface area contributed by atoms with E-state index in [-0.39, 0.29) is 18.6 Å². The second-order valence-electron chi connectivity index (χ2n) is 4.18. The molecule has 0 aromatic heterocycles. The first-order chi connectivity index (χ1) is 8.13. The molecule has 0 saturated heterocycles. The summed E-state index contributed by atoms with van der Waals surface area (Å²) >= 11 is 0. The Balaban J connectivity index is 2.20. The zero-order chi connectivity index (χ0) is 12.4. The third-order valence-electron chi connectivity index (χ3n) is 3.20. The summed E-state index contributed by atoms with van der Waals surface area (Å²) in [6.45, 7) is 5.02. The molecule has 4 nitrogen and oxygen atoms in total. The van der Waals surface area contributed by atoms with Crippen LogP contribution in [0, 0.1) is 0 Å². The van der Waals surface area contributed by atoms with E-state index in [2.05, 4.69) is 0 Å². The number of hydrogen-bond acceptors (Lipinski definition) is 4. The molecule has 0 bridgehead atoms. The molecule has 17 heavy (non-hydrogen) atoms. The summed E-state index contributed by atoms with van der Waals surface area (Å²) in [5.74, 6) is 1.47. The fourth-order valence-electron chi connectivity index (χ4n) is 1.77. The fourth-order valence-corrected chi connectivity index (χ4v) is 1.77. The van der Waals surface area contributed by atoms with E-state index in [1.54, 1.807) is 18.2 Å². The maximum Gasteiger partial charge on any atom is 0.231 e. The monoisotopic (exact) mass is 235 g/mol. The van der Waals surface area contributed by atoms with Crippen LogP contribution in [0.15, 0.2) is 18.2 Å². The SMILES string of the molecule is CCN(C)[C@@H](C)C(=O)c1ccc2c(c1)OCO2. The minimum absolute atomic E-state index is 0.104. The van der Waals surface area contributed by atoms with E-state index in [1.807, 2.05) is 25.8 Å². The molecule has 0 amide bonds. The van der Waals surface area contributed by atoms with Crippen LogP contribution in [0.4, 0.5) is 0 Å². The molecule has 92 valence electrons. The predicted octanol–water partition coefficient (Wildman–Crippen LogP) is 1.94. The average Bonchev–Trinajstić information content (AvgIpc) is 2.83. The average molecular weight is 235 g/mol. The Labute approximate surface area is 101 Å². The molecule has 1 aromatic rings. The smallest absolute Gasteiger partial charge is 0.231 e. The minimum atomic E-state index is -0.125. The largest absolute Gasteiger partial charge is 0.454 e. The number of benzene rings is 1. The number of rotatable bonds is 4. The minimum Gasteiger partial charge on any atom is -0.454 e. The van der Waals surface area contributed by atoms with Crippen LogP contribution in [0.3, 0.4) is 0 Å². The molecule has 0 spiro atoms. The maximum atomic E-state index is 12.2. The Morgan fingerprint density at radius 3 is 2.82 bits per heavy atom. The first-order valence-electron chi connectivity index (χ1n) is 5.77. The highest BCUT2D eigenvalue weighted by molar-refractivity contribution is 6.00. The molecular weight excluding hydrogens is 218 g/mol. The molecular formula is C13H17NO3. The summed E-state index contributed by atoms with van der Waals surface area (Å²) in [6, 6.07) is 5.20. The number of Topliss-reactive ketones (excluding diaryl/α,β-unsaturated/α-hetero) is 1. The summed E-state index contributed by atoms with van der Waals surface area (Å²) in [5.41, 5.74) is 0.669. The van der Waals surface area contributed by atoms with Crippen molar-refractivity contribution in [1.29, 1.82) is 0 Å². The van der Waals surface area contributed by atoms with E-state index < -0.39 is 0 Å². The van der Waals surface area contributed by atoms with Crippen LogP contribution in [0.1, 0.15) is 24.2 Å². The summed E-state index contributed by atoms with van der Waals surface area (Å²) < 4.78 is 10.5. The van der Waals surface area contributed by atoms with Crippen LogP contribution in [0.5, 0.6) is 11.5 Å². The quantitative estimate of drug-likeness (QED) is 0.748. The number of ether oxygens (including phenoxy) is 2. The summed E-state index contributed by atoms with van der Waals surface area (Å²) in [7, 11) is 1.94. The van der Waals surface area contributed by atoms with Gasteiger partial charge in [-0.1, -0.05) is 6.92 Å². The molecule has 1 heterocycles. The van der Waals surface area contributed by atoms with Crippen molar-refractivity contribution in [2.75, 3.05) is 20.4 Å². The number of hydrogen-bond donors (Lipinski definition) is 0. The fraction of sp³-hybridized carbons (Fsp3) is 0.462. The lowest BCUT2D eigenvalue weighted by molar-refractivity contribution is 0.0873. The molecule has 2 rings (SSSR count). The van der Waals surface area contributed by atoms with Gasteiger partial charge in [-0.05, 0) is 38.7 Å². The van der Waals surface area contributed by atoms with Crippen LogP contribution in [-0.2, 0) is 0 Å². The van der Waals surface area contributed by atoms with Gasteiger partial charge < -0.3 is 9.47 Å². The molecule has 0 aliphatic carbocycles.